The van der Waals surface area contributed by atoms with Gasteiger partial charge in [-0.3, -0.25) is 15.2 Å². The molecule has 0 aliphatic rings. The summed E-state index contributed by atoms with van der Waals surface area (Å²) in [6.07, 6.45) is 1.43. The van der Waals surface area contributed by atoms with Crippen LogP contribution in [0.25, 0.3) is 11.3 Å². The minimum Gasteiger partial charge on any atom is -0.351 e. The van der Waals surface area contributed by atoms with Crippen LogP contribution in [0.2, 0.25) is 0 Å². The van der Waals surface area contributed by atoms with Crippen molar-refractivity contribution in [1.29, 1.82) is 0 Å². The average Bonchev–Trinajstić information content (AvgIpc) is 2.79. The van der Waals surface area contributed by atoms with Crippen molar-refractivity contribution in [2.75, 3.05) is 0 Å². The number of nitrogens with zero attached hydrogens (tertiary/aromatic N) is 2. The summed E-state index contributed by atoms with van der Waals surface area (Å²) in [5.41, 5.74) is 0.169. The van der Waals surface area contributed by atoms with Crippen LogP contribution in [0.5, 0.6) is 5.75 Å². The molecule has 8 nitrogen and oxygen atoms in total. The Morgan fingerprint density at radius 3 is 2.63 bits per heavy atom. The van der Waals surface area contributed by atoms with Crippen LogP contribution in [0.1, 0.15) is 0 Å². The Kier molecular flexibility index (Phi) is 3.17. The normalized spacial score (nSPS) is 11.2. The summed E-state index contributed by atoms with van der Waals surface area (Å²) in [7, 11) is -5.35. The average molecular weight is 287 g/mol. The number of hydrogen-bond donors (Lipinski definition) is 1. The van der Waals surface area contributed by atoms with Gasteiger partial charge in [0.15, 0.2) is 0 Å². The number of hydrogen-bond acceptors (Lipinski definition) is 6. The van der Waals surface area contributed by atoms with Crippen LogP contribution in [0, 0.1) is 10.1 Å². The summed E-state index contributed by atoms with van der Waals surface area (Å²) in [6, 6.07) is 4.94. The molecular formula is C9H6FN3O5S. The highest BCUT2D eigenvalue weighted by Crippen LogP contribution is 2.32. The monoisotopic (exact) mass is 287 g/mol. The smallest absolute Gasteiger partial charge is 0.351 e. The molecule has 1 N–H and O–H groups in total. The first-order chi connectivity index (χ1) is 8.87. The lowest BCUT2D eigenvalue weighted by atomic mass is 10.1. The molecule has 100 valence electrons. The summed E-state index contributed by atoms with van der Waals surface area (Å²) in [5, 5.41) is 16.9. The van der Waals surface area contributed by atoms with Gasteiger partial charge in [0.1, 0.15) is 0 Å². The van der Waals surface area contributed by atoms with Crippen molar-refractivity contribution in [3.05, 3.63) is 40.6 Å². The van der Waals surface area contributed by atoms with Gasteiger partial charge in [-0.2, -0.15) is 13.5 Å². The minimum absolute atomic E-state index is 0.363. The van der Waals surface area contributed by atoms with Crippen LogP contribution in [0.15, 0.2) is 30.5 Å². The Labute approximate surface area is 106 Å². The number of aromatic amines is 1. The number of rotatable bonds is 4. The lowest BCUT2D eigenvalue weighted by molar-refractivity contribution is -0.385. The lowest BCUT2D eigenvalue weighted by Gasteiger charge is -2.04. The minimum atomic E-state index is -5.35. The number of nitrogens with one attached hydrogen (secondary N) is 1. The fourth-order valence-electron chi connectivity index (χ4n) is 1.42. The molecule has 0 aliphatic heterocycles. The molecule has 0 aliphatic carbocycles. The molecule has 0 spiro atoms. The first kappa shape index (κ1) is 13.0. The SMILES string of the molecule is O=[N+]([O-])c1ccc(-c2ccn[nH]2)cc1OS(=O)(=O)F. The fraction of sp³-hybridized carbons (Fsp3) is 0. The van der Waals surface area contributed by atoms with Gasteiger partial charge in [0.05, 0.1) is 10.6 Å². The quantitative estimate of drug-likeness (QED) is 0.518. The van der Waals surface area contributed by atoms with Crippen molar-refractivity contribution in [3.63, 3.8) is 0 Å². The van der Waals surface area contributed by atoms with Crippen LogP contribution in [-0.4, -0.2) is 23.5 Å². The molecule has 0 saturated heterocycles. The van der Waals surface area contributed by atoms with Crippen molar-refractivity contribution in [2.24, 2.45) is 0 Å². The number of H-pyrrole nitrogens is 1. The number of benzene rings is 1. The van der Waals surface area contributed by atoms with E-state index in [1.165, 1.54) is 12.3 Å². The Morgan fingerprint density at radius 2 is 2.11 bits per heavy atom. The molecule has 19 heavy (non-hydrogen) atoms. The molecule has 10 heteroatoms. The van der Waals surface area contributed by atoms with E-state index < -0.39 is 26.9 Å². The molecule has 2 aromatic rings. The van der Waals surface area contributed by atoms with E-state index in [9.17, 15) is 22.4 Å². The Hall–Kier alpha value is -2.49. The van der Waals surface area contributed by atoms with Crippen molar-refractivity contribution in [3.8, 4) is 17.0 Å². The van der Waals surface area contributed by atoms with E-state index in [0.29, 0.717) is 11.3 Å². The standard InChI is InChI=1S/C9H6FN3O5S/c10-19(16,17)18-9-5-6(7-3-4-11-12-7)1-2-8(9)13(14)15/h1-5H,(H,11,12). The Morgan fingerprint density at radius 1 is 1.37 bits per heavy atom. The molecule has 0 bridgehead atoms. The second-order valence-corrected chi connectivity index (χ2v) is 4.34. The number of nitro benzene ring substituents is 1. The van der Waals surface area contributed by atoms with Crippen LogP contribution < -0.4 is 4.18 Å². The lowest BCUT2D eigenvalue weighted by Crippen LogP contribution is -2.04. The summed E-state index contributed by atoms with van der Waals surface area (Å²) in [5.74, 6) is -0.709. The van der Waals surface area contributed by atoms with Gasteiger partial charge in [0.2, 0.25) is 5.75 Å². The zero-order chi connectivity index (χ0) is 14.0. The van der Waals surface area contributed by atoms with E-state index >= 15 is 0 Å². The molecule has 1 aromatic heterocycles. The van der Waals surface area contributed by atoms with E-state index in [-0.39, 0.29) is 0 Å². The number of halogens is 1. The van der Waals surface area contributed by atoms with Crippen molar-refractivity contribution in [2.45, 2.75) is 0 Å². The Balaban J connectivity index is 2.53. The van der Waals surface area contributed by atoms with E-state index in [0.717, 1.165) is 12.1 Å². The molecule has 2 rings (SSSR count). The topological polar surface area (TPSA) is 115 Å². The molecule has 1 heterocycles. The molecular weight excluding hydrogens is 281 g/mol. The molecule has 0 amide bonds. The predicted octanol–water partition coefficient (Wildman–Crippen LogP) is 1.58. The van der Waals surface area contributed by atoms with Crippen molar-refractivity contribution < 1.29 is 21.4 Å². The van der Waals surface area contributed by atoms with Crippen LogP contribution >= 0.6 is 0 Å². The van der Waals surface area contributed by atoms with Crippen LogP contribution in [0.4, 0.5) is 9.57 Å². The second kappa shape index (κ2) is 4.65. The summed E-state index contributed by atoms with van der Waals surface area (Å²) in [4.78, 5) is 9.82. The summed E-state index contributed by atoms with van der Waals surface area (Å²) < 4.78 is 37.3. The maximum atomic E-state index is 12.5. The molecule has 1 aromatic carbocycles. The fourth-order valence-corrected chi connectivity index (χ4v) is 1.77. The van der Waals surface area contributed by atoms with Gasteiger partial charge in [0, 0.05) is 17.8 Å². The zero-order valence-electron chi connectivity index (χ0n) is 9.11. The van der Waals surface area contributed by atoms with Gasteiger partial charge >= 0.3 is 16.2 Å². The van der Waals surface area contributed by atoms with Crippen molar-refractivity contribution >= 4 is 16.2 Å². The van der Waals surface area contributed by atoms with Crippen LogP contribution in [-0.2, 0) is 10.5 Å². The third-order valence-corrected chi connectivity index (χ3v) is 2.54. The van der Waals surface area contributed by atoms with Gasteiger partial charge in [-0.15, -0.1) is 0 Å². The highest BCUT2D eigenvalue weighted by Gasteiger charge is 2.22. The first-order valence-corrected chi connectivity index (χ1v) is 6.10. The van der Waals surface area contributed by atoms with Gasteiger partial charge in [-0.05, 0) is 18.2 Å². The zero-order valence-corrected chi connectivity index (χ0v) is 9.93. The van der Waals surface area contributed by atoms with Crippen molar-refractivity contribution in [1.82, 2.24) is 10.2 Å². The summed E-state index contributed by atoms with van der Waals surface area (Å²) in [6.45, 7) is 0. The van der Waals surface area contributed by atoms with E-state index in [1.807, 2.05) is 0 Å². The highest BCUT2D eigenvalue weighted by molar-refractivity contribution is 7.81. The molecule has 0 radical (unpaired) electrons. The maximum Gasteiger partial charge on any atom is 0.488 e. The van der Waals surface area contributed by atoms with E-state index in [1.54, 1.807) is 6.07 Å². The van der Waals surface area contributed by atoms with Gasteiger partial charge in [0.25, 0.3) is 0 Å². The third-order valence-electron chi connectivity index (χ3n) is 2.16. The maximum absolute atomic E-state index is 12.5. The number of aromatic nitrogens is 2. The molecule has 0 atom stereocenters. The van der Waals surface area contributed by atoms with Gasteiger partial charge < -0.3 is 4.18 Å². The van der Waals surface area contributed by atoms with E-state index in [4.69, 9.17) is 0 Å². The second-order valence-electron chi connectivity index (χ2n) is 3.39. The predicted molar refractivity (Wildman–Crippen MR) is 61.3 cm³/mol. The summed E-state index contributed by atoms with van der Waals surface area (Å²) >= 11 is 0. The Bertz CT molecular complexity index is 713. The molecule has 0 saturated carbocycles. The van der Waals surface area contributed by atoms with Gasteiger partial charge in [-0.25, -0.2) is 0 Å². The third kappa shape index (κ3) is 3.04. The molecule has 0 unspecified atom stereocenters. The first-order valence-electron chi connectivity index (χ1n) is 4.79. The largest absolute Gasteiger partial charge is 0.488 e. The van der Waals surface area contributed by atoms with E-state index in [2.05, 4.69) is 14.4 Å². The van der Waals surface area contributed by atoms with Gasteiger partial charge in [-0.1, -0.05) is 3.89 Å². The molecule has 0 fully saturated rings. The highest BCUT2D eigenvalue weighted by atomic mass is 32.3. The number of nitro groups is 1. The van der Waals surface area contributed by atoms with Crippen LogP contribution in [0.3, 0.4) is 0 Å².